The van der Waals surface area contributed by atoms with Gasteiger partial charge < -0.3 is 9.88 Å². The summed E-state index contributed by atoms with van der Waals surface area (Å²) in [5, 5.41) is 3.60. The van der Waals surface area contributed by atoms with Gasteiger partial charge in [0, 0.05) is 32.4 Å². The Morgan fingerprint density at radius 3 is 2.94 bits per heavy atom. The predicted octanol–water partition coefficient (Wildman–Crippen LogP) is 2.38. The minimum absolute atomic E-state index is 0.894. The topological polar surface area (TPSA) is 29.9 Å². The average Bonchev–Trinajstić information content (AvgIpc) is 2.73. The molecule has 3 heteroatoms. The van der Waals surface area contributed by atoms with Gasteiger partial charge >= 0.3 is 0 Å². The van der Waals surface area contributed by atoms with Crippen LogP contribution in [0, 0.1) is 11.8 Å². The molecule has 3 nitrogen and oxygen atoms in total. The molecule has 96 valence electrons. The van der Waals surface area contributed by atoms with E-state index in [4.69, 9.17) is 0 Å². The third kappa shape index (κ3) is 3.56. The highest BCUT2D eigenvalue weighted by atomic mass is 15.0. The molecular weight excluding hydrogens is 210 g/mol. The third-order valence-electron chi connectivity index (χ3n) is 4.14. The Morgan fingerprint density at radius 1 is 1.41 bits per heavy atom. The monoisotopic (exact) mass is 235 g/mol. The quantitative estimate of drug-likeness (QED) is 0.794. The van der Waals surface area contributed by atoms with Crippen LogP contribution in [0.4, 0.5) is 0 Å². The van der Waals surface area contributed by atoms with Gasteiger partial charge in [0.25, 0.3) is 0 Å². The van der Waals surface area contributed by atoms with E-state index in [0.29, 0.717) is 0 Å². The Balaban J connectivity index is 1.64. The number of aryl methyl sites for hydroxylation is 1. The second-order valence-electron chi connectivity index (χ2n) is 5.43. The lowest BCUT2D eigenvalue weighted by molar-refractivity contribution is 0.248. The number of hydrogen-bond donors (Lipinski definition) is 1. The van der Waals surface area contributed by atoms with Crippen LogP contribution in [0.2, 0.25) is 0 Å². The number of rotatable bonds is 5. The van der Waals surface area contributed by atoms with Crippen LogP contribution in [-0.4, -0.2) is 22.6 Å². The van der Waals surface area contributed by atoms with Crippen LogP contribution in [0.1, 0.15) is 38.4 Å². The van der Waals surface area contributed by atoms with Crippen LogP contribution in [0.3, 0.4) is 0 Å². The van der Waals surface area contributed by atoms with Crippen LogP contribution in [0.5, 0.6) is 0 Å². The van der Waals surface area contributed by atoms with Crippen LogP contribution in [-0.2, 0) is 13.5 Å². The summed E-state index contributed by atoms with van der Waals surface area (Å²) >= 11 is 0. The molecule has 17 heavy (non-hydrogen) atoms. The molecule has 0 amide bonds. The second kappa shape index (κ2) is 6.20. The van der Waals surface area contributed by atoms with Crippen molar-refractivity contribution in [2.75, 3.05) is 13.1 Å². The van der Waals surface area contributed by atoms with Gasteiger partial charge in [0.2, 0.25) is 0 Å². The van der Waals surface area contributed by atoms with Crippen LogP contribution in [0.25, 0.3) is 0 Å². The number of hydrogen-bond acceptors (Lipinski definition) is 2. The van der Waals surface area contributed by atoms with E-state index in [1.54, 1.807) is 0 Å². The van der Waals surface area contributed by atoms with Crippen molar-refractivity contribution in [1.29, 1.82) is 0 Å². The van der Waals surface area contributed by atoms with Crippen molar-refractivity contribution in [3.8, 4) is 0 Å². The Bertz CT molecular complexity index is 332. The standard InChI is InChI=1S/C14H25N3/c1-12-5-3-4-6-13(12)11-15-8-7-14-16-9-10-17(14)2/h9-10,12-13,15H,3-8,11H2,1-2H3. The van der Waals surface area contributed by atoms with Crippen molar-refractivity contribution >= 4 is 0 Å². The molecule has 0 saturated heterocycles. The van der Waals surface area contributed by atoms with Crippen molar-refractivity contribution in [2.24, 2.45) is 18.9 Å². The molecule has 0 bridgehead atoms. The van der Waals surface area contributed by atoms with Crippen molar-refractivity contribution in [2.45, 2.75) is 39.0 Å². The predicted molar refractivity (Wildman–Crippen MR) is 70.9 cm³/mol. The van der Waals surface area contributed by atoms with E-state index in [1.807, 2.05) is 12.4 Å². The molecule has 0 radical (unpaired) electrons. The highest BCUT2D eigenvalue weighted by Crippen LogP contribution is 2.28. The summed E-state index contributed by atoms with van der Waals surface area (Å²) < 4.78 is 2.10. The normalized spacial score (nSPS) is 25.1. The van der Waals surface area contributed by atoms with Gasteiger partial charge in [-0.15, -0.1) is 0 Å². The summed E-state index contributed by atoms with van der Waals surface area (Å²) in [4.78, 5) is 4.34. The smallest absolute Gasteiger partial charge is 0.109 e. The van der Waals surface area contributed by atoms with Crippen LogP contribution in [0.15, 0.2) is 12.4 Å². The minimum Gasteiger partial charge on any atom is -0.338 e. The van der Waals surface area contributed by atoms with Gasteiger partial charge in [0.05, 0.1) is 0 Å². The molecule has 2 rings (SSSR count). The van der Waals surface area contributed by atoms with Crippen molar-refractivity contribution < 1.29 is 0 Å². The zero-order valence-corrected chi connectivity index (χ0v) is 11.2. The molecule has 1 heterocycles. The van der Waals surface area contributed by atoms with Crippen LogP contribution < -0.4 is 5.32 Å². The van der Waals surface area contributed by atoms with Gasteiger partial charge in [0.15, 0.2) is 0 Å². The first-order chi connectivity index (χ1) is 8.27. The fraction of sp³-hybridized carbons (Fsp3) is 0.786. The van der Waals surface area contributed by atoms with Gasteiger partial charge in [-0.3, -0.25) is 0 Å². The summed E-state index contributed by atoms with van der Waals surface area (Å²) in [5.74, 6) is 2.98. The first kappa shape index (κ1) is 12.6. The fourth-order valence-corrected chi connectivity index (χ4v) is 2.82. The largest absolute Gasteiger partial charge is 0.338 e. The third-order valence-corrected chi connectivity index (χ3v) is 4.14. The number of nitrogens with zero attached hydrogens (tertiary/aromatic N) is 2. The Kier molecular flexibility index (Phi) is 4.60. The molecule has 1 aromatic rings. The first-order valence-corrected chi connectivity index (χ1v) is 6.94. The zero-order chi connectivity index (χ0) is 12.1. The molecule has 0 aliphatic heterocycles. The first-order valence-electron chi connectivity index (χ1n) is 6.94. The maximum atomic E-state index is 4.34. The minimum atomic E-state index is 0.894. The Hall–Kier alpha value is -0.830. The maximum Gasteiger partial charge on any atom is 0.109 e. The van der Waals surface area contributed by atoms with Crippen molar-refractivity contribution in [3.05, 3.63) is 18.2 Å². The molecule has 1 fully saturated rings. The molecule has 0 aromatic carbocycles. The lowest BCUT2D eigenvalue weighted by atomic mass is 9.80. The average molecular weight is 235 g/mol. The van der Waals surface area contributed by atoms with Crippen molar-refractivity contribution in [1.82, 2.24) is 14.9 Å². The van der Waals surface area contributed by atoms with E-state index in [0.717, 1.165) is 24.8 Å². The summed E-state index contributed by atoms with van der Waals surface area (Å²) in [6.45, 7) is 4.64. The van der Waals surface area contributed by atoms with E-state index in [2.05, 4.69) is 28.8 Å². The molecule has 2 atom stereocenters. The highest BCUT2D eigenvalue weighted by molar-refractivity contribution is 4.91. The summed E-state index contributed by atoms with van der Waals surface area (Å²) in [5.41, 5.74) is 0. The molecule has 1 aliphatic carbocycles. The van der Waals surface area contributed by atoms with Gasteiger partial charge in [-0.2, -0.15) is 0 Å². The summed E-state index contributed by atoms with van der Waals surface area (Å²) in [7, 11) is 2.06. The molecule has 1 saturated carbocycles. The van der Waals surface area contributed by atoms with Crippen LogP contribution >= 0.6 is 0 Å². The Morgan fingerprint density at radius 2 is 2.24 bits per heavy atom. The highest BCUT2D eigenvalue weighted by Gasteiger charge is 2.20. The lowest BCUT2D eigenvalue weighted by Crippen LogP contribution is -2.30. The van der Waals surface area contributed by atoms with Gasteiger partial charge in [-0.1, -0.05) is 26.2 Å². The fourth-order valence-electron chi connectivity index (χ4n) is 2.82. The molecule has 1 aromatic heterocycles. The van der Waals surface area contributed by atoms with E-state index in [1.165, 1.54) is 38.1 Å². The van der Waals surface area contributed by atoms with E-state index in [9.17, 15) is 0 Å². The van der Waals surface area contributed by atoms with Gasteiger partial charge in [-0.05, 0) is 24.8 Å². The number of nitrogens with one attached hydrogen (secondary N) is 1. The molecular formula is C14H25N3. The number of aromatic nitrogens is 2. The SMILES string of the molecule is CC1CCCCC1CNCCc1nccn1C. The zero-order valence-electron chi connectivity index (χ0n) is 11.2. The molecule has 1 N–H and O–H groups in total. The van der Waals surface area contributed by atoms with E-state index < -0.39 is 0 Å². The van der Waals surface area contributed by atoms with Gasteiger partial charge in [-0.25, -0.2) is 4.98 Å². The summed E-state index contributed by atoms with van der Waals surface area (Å²) in [6, 6.07) is 0. The Labute approximate surface area is 105 Å². The maximum absolute atomic E-state index is 4.34. The molecule has 0 spiro atoms. The van der Waals surface area contributed by atoms with Crippen molar-refractivity contribution in [3.63, 3.8) is 0 Å². The van der Waals surface area contributed by atoms with E-state index in [-0.39, 0.29) is 0 Å². The molecule has 1 aliphatic rings. The number of imidazole rings is 1. The van der Waals surface area contributed by atoms with Gasteiger partial charge in [0.1, 0.15) is 5.82 Å². The van der Waals surface area contributed by atoms with E-state index >= 15 is 0 Å². The second-order valence-corrected chi connectivity index (χ2v) is 5.43. The lowest BCUT2D eigenvalue weighted by Gasteiger charge is -2.28. The summed E-state index contributed by atoms with van der Waals surface area (Å²) in [6.07, 6.45) is 10.6. The molecule has 2 unspecified atom stereocenters.